The molecule has 1 aliphatic rings. The number of carbonyl (C=O) groups excluding carboxylic acids is 2. The van der Waals surface area contributed by atoms with Crippen molar-refractivity contribution in [3.05, 3.63) is 71.7 Å². The maximum Gasteiger partial charge on any atom is 0.240 e. The maximum absolute atomic E-state index is 14.1. The zero-order chi connectivity index (χ0) is 18.8. The summed E-state index contributed by atoms with van der Waals surface area (Å²) in [4.78, 5) is 25.3. The molecule has 1 fully saturated rings. The average molecular weight is 364 g/mol. The monoisotopic (exact) mass is 364 g/mol. The van der Waals surface area contributed by atoms with Crippen molar-refractivity contribution in [3.63, 3.8) is 0 Å². The molecule has 0 spiro atoms. The summed E-state index contributed by atoms with van der Waals surface area (Å²) in [5.41, 5.74) is 1.24. The summed E-state index contributed by atoms with van der Waals surface area (Å²) < 4.78 is 15.8. The second-order valence-electron chi connectivity index (χ2n) is 7.05. The van der Waals surface area contributed by atoms with Gasteiger partial charge >= 0.3 is 0 Å². The summed E-state index contributed by atoms with van der Waals surface area (Å²) in [6.45, 7) is 0.140. The van der Waals surface area contributed by atoms with Crippen LogP contribution in [-0.2, 0) is 11.3 Å². The van der Waals surface area contributed by atoms with Crippen LogP contribution in [0, 0.1) is 5.82 Å². The first-order valence-corrected chi connectivity index (χ1v) is 9.30. The number of rotatable bonds is 5. The van der Waals surface area contributed by atoms with Crippen molar-refractivity contribution in [2.75, 3.05) is 0 Å². The maximum atomic E-state index is 14.1. The van der Waals surface area contributed by atoms with E-state index in [1.807, 2.05) is 24.3 Å². The molecule has 0 radical (unpaired) electrons. The van der Waals surface area contributed by atoms with E-state index in [0.717, 1.165) is 36.6 Å². The van der Waals surface area contributed by atoms with E-state index in [9.17, 15) is 14.0 Å². The number of nitrogens with zero attached hydrogens (tertiary/aromatic N) is 1. The molecule has 27 heavy (non-hydrogen) atoms. The van der Waals surface area contributed by atoms with E-state index in [-0.39, 0.29) is 29.8 Å². The Balaban J connectivity index is 1.66. The SMILES string of the molecule is O=C(Cn1cc(C(=O)c2ccccc2F)c2ccccc21)NC1CCCC1. The number of carbonyl (C=O) groups is 2. The summed E-state index contributed by atoms with van der Waals surface area (Å²) in [5, 5.41) is 3.79. The van der Waals surface area contributed by atoms with Crippen molar-refractivity contribution >= 4 is 22.6 Å². The van der Waals surface area contributed by atoms with Crippen LogP contribution >= 0.6 is 0 Å². The van der Waals surface area contributed by atoms with Gasteiger partial charge in [-0.25, -0.2) is 4.39 Å². The third-order valence-electron chi connectivity index (χ3n) is 5.19. The van der Waals surface area contributed by atoms with Crippen molar-refractivity contribution in [3.8, 4) is 0 Å². The van der Waals surface area contributed by atoms with Crippen LogP contribution in [0.25, 0.3) is 10.9 Å². The number of benzene rings is 2. The van der Waals surface area contributed by atoms with Gasteiger partial charge in [0.15, 0.2) is 5.78 Å². The Kier molecular flexibility index (Phi) is 4.75. The molecule has 4 nitrogen and oxygen atoms in total. The van der Waals surface area contributed by atoms with Crippen LogP contribution in [0.5, 0.6) is 0 Å². The Bertz CT molecular complexity index is 1000. The lowest BCUT2D eigenvalue weighted by Gasteiger charge is -2.12. The number of hydrogen-bond acceptors (Lipinski definition) is 2. The third kappa shape index (κ3) is 3.50. The van der Waals surface area contributed by atoms with Crippen LogP contribution in [0.3, 0.4) is 0 Å². The smallest absolute Gasteiger partial charge is 0.240 e. The molecule has 1 N–H and O–H groups in total. The van der Waals surface area contributed by atoms with Gasteiger partial charge in [-0.3, -0.25) is 9.59 Å². The Morgan fingerprint density at radius 3 is 2.48 bits per heavy atom. The van der Waals surface area contributed by atoms with Gasteiger partial charge in [0.25, 0.3) is 0 Å². The fourth-order valence-corrected chi connectivity index (χ4v) is 3.85. The normalized spacial score (nSPS) is 14.6. The summed E-state index contributed by atoms with van der Waals surface area (Å²) >= 11 is 0. The van der Waals surface area contributed by atoms with E-state index in [0.29, 0.717) is 5.56 Å². The van der Waals surface area contributed by atoms with Gasteiger partial charge in [0, 0.05) is 28.7 Å². The van der Waals surface area contributed by atoms with E-state index in [1.165, 1.54) is 12.1 Å². The fraction of sp³-hybridized carbons (Fsp3) is 0.273. The molecule has 0 atom stereocenters. The minimum Gasteiger partial charge on any atom is -0.352 e. The molecule has 5 heteroatoms. The third-order valence-corrected chi connectivity index (χ3v) is 5.19. The van der Waals surface area contributed by atoms with Gasteiger partial charge in [-0.15, -0.1) is 0 Å². The quantitative estimate of drug-likeness (QED) is 0.694. The van der Waals surface area contributed by atoms with E-state index < -0.39 is 5.82 Å². The standard InChI is InChI=1S/C22H21FN2O2/c23-19-11-5-3-10-17(19)22(27)18-13-25(20-12-6-4-9-16(18)20)14-21(26)24-15-7-1-2-8-15/h3-6,9-13,15H,1-2,7-8,14H2,(H,24,26). The highest BCUT2D eigenvalue weighted by atomic mass is 19.1. The highest BCUT2D eigenvalue weighted by Gasteiger charge is 2.21. The molecule has 0 unspecified atom stereocenters. The first kappa shape index (κ1) is 17.5. The summed E-state index contributed by atoms with van der Waals surface area (Å²) in [7, 11) is 0. The largest absolute Gasteiger partial charge is 0.352 e. The highest BCUT2D eigenvalue weighted by Crippen LogP contribution is 2.25. The number of ketones is 1. The van der Waals surface area contributed by atoms with E-state index in [1.54, 1.807) is 22.9 Å². The van der Waals surface area contributed by atoms with Gasteiger partial charge in [0.2, 0.25) is 5.91 Å². The number of nitrogens with one attached hydrogen (secondary N) is 1. The first-order valence-electron chi connectivity index (χ1n) is 9.30. The van der Waals surface area contributed by atoms with Gasteiger partial charge in [-0.2, -0.15) is 0 Å². The van der Waals surface area contributed by atoms with Crippen LogP contribution < -0.4 is 5.32 Å². The van der Waals surface area contributed by atoms with Crippen molar-refractivity contribution in [1.82, 2.24) is 9.88 Å². The molecule has 1 aromatic heterocycles. The predicted molar refractivity (Wildman–Crippen MR) is 102 cm³/mol. The topological polar surface area (TPSA) is 51.1 Å². The minimum absolute atomic E-state index is 0.0378. The van der Waals surface area contributed by atoms with Gasteiger partial charge in [-0.1, -0.05) is 43.2 Å². The average Bonchev–Trinajstić information content (AvgIpc) is 3.30. The van der Waals surface area contributed by atoms with E-state index in [2.05, 4.69) is 5.32 Å². The molecule has 4 rings (SSSR count). The van der Waals surface area contributed by atoms with Crippen LogP contribution in [0.4, 0.5) is 4.39 Å². The molecule has 3 aromatic rings. The second kappa shape index (κ2) is 7.35. The number of amides is 1. The van der Waals surface area contributed by atoms with Gasteiger partial charge in [0.1, 0.15) is 12.4 Å². The van der Waals surface area contributed by atoms with E-state index >= 15 is 0 Å². The van der Waals surface area contributed by atoms with Crippen LogP contribution in [0.1, 0.15) is 41.6 Å². The molecule has 0 bridgehead atoms. The molecule has 0 saturated heterocycles. The lowest BCUT2D eigenvalue weighted by atomic mass is 10.0. The number of para-hydroxylation sites is 1. The molecule has 1 saturated carbocycles. The van der Waals surface area contributed by atoms with Crippen molar-refractivity contribution in [1.29, 1.82) is 0 Å². The number of hydrogen-bond donors (Lipinski definition) is 1. The number of aromatic nitrogens is 1. The zero-order valence-corrected chi connectivity index (χ0v) is 15.0. The lowest BCUT2D eigenvalue weighted by Crippen LogP contribution is -2.35. The fourth-order valence-electron chi connectivity index (χ4n) is 3.85. The van der Waals surface area contributed by atoms with Gasteiger partial charge in [-0.05, 0) is 31.0 Å². The van der Waals surface area contributed by atoms with Crippen LogP contribution in [0.2, 0.25) is 0 Å². The Labute approximate surface area is 157 Å². The molecular weight excluding hydrogens is 343 g/mol. The second-order valence-corrected chi connectivity index (χ2v) is 7.05. The number of fused-ring (bicyclic) bond motifs is 1. The zero-order valence-electron chi connectivity index (χ0n) is 15.0. The molecule has 1 amide bonds. The van der Waals surface area contributed by atoms with Crippen molar-refractivity contribution in [2.24, 2.45) is 0 Å². The Morgan fingerprint density at radius 2 is 1.70 bits per heavy atom. The van der Waals surface area contributed by atoms with Crippen molar-refractivity contribution in [2.45, 2.75) is 38.3 Å². The van der Waals surface area contributed by atoms with Gasteiger partial charge in [0.05, 0.1) is 5.56 Å². The summed E-state index contributed by atoms with van der Waals surface area (Å²) in [6, 6.07) is 13.6. The molecule has 2 aromatic carbocycles. The Hall–Kier alpha value is -2.95. The molecule has 0 aliphatic heterocycles. The molecule has 1 heterocycles. The lowest BCUT2D eigenvalue weighted by molar-refractivity contribution is -0.122. The minimum atomic E-state index is -0.543. The van der Waals surface area contributed by atoms with Crippen LogP contribution in [0.15, 0.2) is 54.7 Å². The summed E-state index contributed by atoms with van der Waals surface area (Å²) in [5.74, 6) is -0.981. The van der Waals surface area contributed by atoms with Crippen molar-refractivity contribution < 1.29 is 14.0 Å². The molecule has 138 valence electrons. The summed E-state index contributed by atoms with van der Waals surface area (Å²) in [6.07, 6.45) is 6.01. The Morgan fingerprint density at radius 1 is 1.00 bits per heavy atom. The molecule has 1 aliphatic carbocycles. The van der Waals surface area contributed by atoms with Gasteiger partial charge < -0.3 is 9.88 Å². The van der Waals surface area contributed by atoms with E-state index in [4.69, 9.17) is 0 Å². The van der Waals surface area contributed by atoms with Crippen LogP contribution in [-0.4, -0.2) is 22.3 Å². The molecular formula is C22H21FN2O2. The predicted octanol–water partition coefficient (Wildman–Crippen LogP) is 4.07. The first-order chi connectivity index (χ1) is 13.1. The highest BCUT2D eigenvalue weighted by molar-refractivity contribution is 6.16. The number of halogens is 1.